The van der Waals surface area contributed by atoms with Gasteiger partial charge in [-0.3, -0.25) is 4.98 Å². The summed E-state index contributed by atoms with van der Waals surface area (Å²) in [5.74, 6) is 0.729. The van der Waals surface area contributed by atoms with Gasteiger partial charge in [-0.15, -0.1) is 0 Å². The Labute approximate surface area is 147 Å². The molecule has 0 bridgehead atoms. The summed E-state index contributed by atoms with van der Waals surface area (Å²) in [6.45, 7) is 2.25. The highest BCUT2D eigenvalue weighted by atomic mass is 16.5. The zero-order valence-electron chi connectivity index (χ0n) is 14.2. The number of amides is 2. The van der Waals surface area contributed by atoms with Gasteiger partial charge in [0.15, 0.2) is 6.73 Å². The van der Waals surface area contributed by atoms with Gasteiger partial charge in [-0.2, -0.15) is 0 Å². The quantitative estimate of drug-likeness (QED) is 0.659. The Morgan fingerprint density at radius 1 is 1.08 bits per heavy atom. The number of nitrogens with zero attached hydrogens (tertiary/aromatic N) is 1. The molecular weight excluding hydrogens is 314 g/mol. The number of hydrogen-bond donors (Lipinski definition) is 2. The topological polar surface area (TPSA) is 63.2 Å². The first-order valence-corrected chi connectivity index (χ1v) is 8.36. The summed E-state index contributed by atoms with van der Waals surface area (Å²) in [5, 5.41) is 6.46. The summed E-state index contributed by atoms with van der Waals surface area (Å²) >= 11 is 0. The average Bonchev–Trinajstić information content (AvgIpc) is 2.64. The maximum atomic E-state index is 12.1. The molecule has 128 valence electrons. The van der Waals surface area contributed by atoms with Crippen molar-refractivity contribution in [3.05, 3.63) is 66.4 Å². The molecule has 1 aromatic heterocycles. The number of pyridine rings is 1. The van der Waals surface area contributed by atoms with Crippen LogP contribution in [0.4, 0.5) is 10.5 Å². The van der Waals surface area contributed by atoms with E-state index in [0.29, 0.717) is 5.69 Å². The standard InChI is InChI=1S/C20H21N3O2/c1-2-5-15-9-11-17(12-10-15)25-14-22-20(24)23-18-8-3-6-16-7-4-13-21-19(16)18/h3-4,6-13H,2,5,14H2,1H3,(H2,22,23,24). The number of carbonyl (C=O) groups excluding carboxylic acids is 1. The zero-order valence-corrected chi connectivity index (χ0v) is 14.2. The molecule has 3 aromatic rings. The van der Waals surface area contributed by atoms with Crippen LogP contribution >= 0.6 is 0 Å². The third-order valence-electron chi connectivity index (χ3n) is 3.81. The second-order valence-electron chi connectivity index (χ2n) is 5.69. The highest BCUT2D eigenvalue weighted by molar-refractivity contribution is 5.99. The monoisotopic (exact) mass is 335 g/mol. The summed E-state index contributed by atoms with van der Waals surface area (Å²) < 4.78 is 5.55. The molecule has 1 heterocycles. The van der Waals surface area contributed by atoms with Crippen molar-refractivity contribution in [3.63, 3.8) is 0 Å². The van der Waals surface area contributed by atoms with E-state index in [0.717, 1.165) is 29.5 Å². The highest BCUT2D eigenvalue weighted by Gasteiger charge is 2.06. The molecule has 0 fully saturated rings. The lowest BCUT2D eigenvalue weighted by Crippen LogP contribution is -2.32. The Balaban J connectivity index is 1.52. The fourth-order valence-electron chi connectivity index (χ4n) is 2.60. The van der Waals surface area contributed by atoms with E-state index in [2.05, 4.69) is 22.5 Å². The number of nitrogens with one attached hydrogen (secondary N) is 2. The van der Waals surface area contributed by atoms with E-state index >= 15 is 0 Å². The molecule has 0 radical (unpaired) electrons. The summed E-state index contributed by atoms with van der Waals surface area (Å²) in [5.41, 5.74) is 2.70. The van der Waals surface area contributed by atoms with Gasteiger partial charge < -0.3 is 15.4 Å². The van der Waals surface area contributed by atoms with E-state index in [-0.39, 0.29) is 12.8 Å². The molecule has 0 unspecified atom stereocenters. The first kappa shape index (κ1) is 16.8. The molecule has 0 aliphatic rings. The Kier molecular flexibility index (Phi) is 5.46. The van der Waals surface area contributed by atoms with Gasteiger partial charge in [0.1, 0.15) is 5.75 Å². The number of anilines is 1. The molecule has 0 spiro atoms. The van der Waals surface area contributed by atoms with Crippen LogP contribution in [0, 0.1) is 0 Å². The predicted molar refractivity (Wildman–Crippen MR) is 99.8 cm³/mol. The zero-order chi connectivity index (χ0) is 17.5. The molecule has 25 heavy (non-hydrogen) atoms. The number of aromatic nitrogens is 1. The smallest absolute Gasteiger partial charge is 0.321 e. The fourth-order valence-corrected chi connectivity index (χ4v) is 2.60. The lowest BCUT2D eigenvalue weighted by molar-refractivity contribution is 0.234. The maximum Gasteiger partial charge on any atom is 0.321 e. The SMILES string of the molecule is CCCc1ccc(OCNC(=O)Nc2cccc3cccnc23)cc1. The lowest BCUT2D eigenvalue weighted by Gasteiger charge is -2.11. The molecule has 0 atom stereocenters. The summed E-state index contributed by atoms with van der Waals surface area (Å²) in [7, 11) is 0. The van der Waals surface area contributed by atoms with Crippen molar-refractivity contribution in [2.45, 2.75) is 19.8 Å². The molecule has 3 rings (SSSR count). The number of rotatable bonds is 6. The van der Waals surface area contributed by atoms with Crippen molar-refractivity contribution in [3.8, 4) is 5.75 Å². The minimum absolute atomic E-state index is 0.0944. The van der Waals surface area contributed by atoms with E-state index in [9.17, 15) is 4.79 Å². The van der Waals surface area contributed by atoms with E-state index in [1.54, 1.807) is 6.20 Å². The van der Waals surface area contributed by atoms with Gasteiger partial charge >= 0.3 is 6.03 Å². The average molecular weight is 335 g/mol. The van der Waals surface area contributed by atoms with Crippen LogP contribution in [0.25, 0.3) is 10.9 Å². The van der Waals surface area contributed by atoms with Crippen molar-refractivity contribution < 1.29 is 9.53 Å². The van der Waals surface area contributed by atoms with Crippen LogP contribution in [0.3, 0.4) is 0 Å². The second-order valence-corrected chi connectivity index (χ2v) is 5.69. The summed E-state index contributed by atoms with van der Waals surface area (Å²) in [4.78, 5) is 16.4. The van der Waals surface area contributed by atoms with Crippen LogP contribution in [0.2, 0.25) is 0 Å². The molecule has 5 nitrogen and oxygen atoms in total. The van der Waals surface area contributed by atoms with Gasteiger partial charge in [0.2, 0.25) is 0 Å². The summed E-state index contributed by atoms with van der Waals surface area (Å²) in [6, 6.07) is 17.1. The van der Waals surface area contributed by atoms with Gasteiger partial charge in [0, 0.05) is 11.6 Å². The molecule has 5 heteroatoms. The van der Waals surface area contributed by atoms with Crippen molar-refractivity contribution in [1.29, 1.82) is 0 Å². The van der Waals surface area contributed by atoms with Crippen LogP contribution in [0.1, 0.15) is 18.9 Å². The molecule has 2 N–H and O–H groups in total. The van der Waals surface area contributed by atoms with Crippen molar-refractivity contribution in [2.24, 2.45) is 0 Å². The molecule has 2 amide bonds. The number of ether oxygens (including phenoxy) is 1. The number of para-hydroxylation sites is 1. The van der Waals surface area contributed by atoms with Crippen LogP contribution in [-0.2, 0) is 6.42 Å². The van der Waals surface area contributed by atoms with Crippen molar-refractivity contribution in [1.82, 2.24) is 10.3 Å². The van der Waals surface area contributed by atoms with Crippen LogP contribution < -0.4 is 15.4 Å². The van der Waals surface area contributed by atoms with Gasteiger partial charge in [0.05, 0.1) is 11.2 Å². The van der Waals surface area contributed by atoms with Gasteiger partial charge in [-0.1, -0.05) is 43.7 Å². The molecule has 2 aromatic carbocycles. The number of aryl methyl sites for hydroxylation is 1. The van der Waals surface area contributed by atoms with E-state index in [1.807, 2.05) is 54.6 Å². The van der Waals surface area contributed by atoms with Gasteiger partial charge in [0.25, 0.3) is 0 Å². The maximum absolute atomic E-state index is 12.1. The van der Waals surface area contributed by atoms with E-state index < -0.39 is 0 Å². The van der Waals surface area contributed by atoms with Gasteiger partial charge in [-0.05, 0) is 36.2 Å². The molecule has 0 aliphatic carbocycles. The molecule has 0 saturated carbocycles. The third kappa shape index (κ3) is 4.47. The predicted octanol–water partition coefficient (Wildman–Crippen LogP) is 4.35. The largest absolute Gasteiger partial charge is 0.473 e. The highest BCUT2D eigenvalue weighted by Crippen LogP contribution is 2.20. The molecule has 0 saturated heterocycles. The van der Waals surface area contributed by atoms with Crippen molar-refractivity contribution >= 4 is 22.6 Å². The summed E-state index contributed by atoms with van der Waals surface area (Å²) in [6.07, 6.45) is 3.88. The van der Waals surface area contributed by atoms with Crippen LogP contribution in [-0.4, -0.2) is 17.7 Å². The number of fused-ring (bicyclic) bond motifs is 1. The number of urea groups is 1. The number of hydrogen-bond acceptors (Lipinski definition) is 3. The number of carbonyl (C=O) groups is 1. The molecule has 0 aliphatic heterocycles. The first-order valence-electron chi connectivity index (χ1n) is 8.36. The Morgan fingerprint density at radius 2 is 1.88 bits per heavy atom. The third-order valence-corrected chi connectivity index (χ3v) is 3.81. The second kappa shape index (κ2) is 8.15. The Hall–Kier alpha value is -3.08. The van der Waals surface area contributed by atoms with Gasteiger partial charge in [-0.25, -0.2) is 4.79 Å². The van der Waals surface area contributed by atoms with Crippen LogP contribution in [0.5, 0.6) is 5.75 Å². The molecular formula is C20H21N3O2. The van der Waals surface area contributed by atoms with Crippen LogP contribution in [0.15, 0.2) is 60.8 Å². The minimum Gasteiger partial charge on any atom is -0.473 e. The van der Waals surface area contributed by atoms with E-state index in [1.165, 1.54) is 5.56 Å². The normalized spacial score (nSPS) is 10.4. The van der Waals surface area contributed by atoms with Crippen molar-refractivity contribution in [2.75, 3.05) is 12.0 Å². The number of benzene rings is 2. The Bertz CT molecular complexity index is 842. The first-order chi connectivity index (χ1) is 12.3. The van der Waals surface area contributed by atoms with E-state index in [4.69, 9.17) is 4.74 Å². The minimum atomic E-state index is -0.333. The lowest BCUT2D eigenvalue weighted by atomic mass is 10.1. The Morgan fingerprint density at radius 3 is 2.68 bits per heavy atom. The fraction of sp³-hybridized carbons (Fsp3) is 0.200.